The number of amides is 1. The second kappa shape index (κ2) is 11.9. The Hall–Kier alpha value is -2.91. The molecule has 0 atom stereocenters. The van der Waals surface area contributed by atoms with Crippen LogP contribution in [-0.4, -0.2) is 52.1 Å². The van der Waals surface area contributed by atoms with Gasteiger partial charge in [0.05, 0.1) is 23.8 Å². The SMILES string of the molecule is Cc1cc(Cl)ccc1N(CC(=O)NCc1ccc(CN2CCOCC2)cc1)S(=O)(=O)c1ccccc1. The van der Waals surface area contributed by atoms with Crippen molar-refractivity contribution in [3.05, 3.63) is 94.5 Å². The van der Waals surface area contributed by atoms with Crippen LogP contribution in [0.25, 0.3) is 0 Å². The number of hydrogen-bond acceptors (Lipinski definition) is 5. The summed E-state index contributed by atoms with van der Waals surface area (Å²) in [6.07, 6.45) is 0. The molecule has 1 fully saturated rings. The zero-order valence-electron chi connectivity index (χ0n) is 20.2. The number of carbonyl (C=O) groups excluding carboxylic acids is 1. The first-order chi connectivity index (χ1) is 17.3. The van der Waals surface area contributed by atoms with Gasteiger partial charge in [0.15, 0.2) is 0 Å². The van der Waals surface area contributed by atoms with Crippen molar-refractivity contribution in [1.29, 1.82) is 0 Å². The fourth-order valence-corrected chi connectivity index (χ4v) is 5.82. The van der Waals surface area contributed by atoms with Gasteiger partial charge in [-0.1, -0.05) is 54.1 Å². The predicted octanol–water partition coefficient (Wildman–Crippen LogP) is 3.99. The normalized spacial score (nSPS) is 14.4. The summed E-state index contributed by atoms with van der Waals surface area (Å²) < 4.78 is 33.5. The van der Waals surface area contributed by atoms with Gasteiger partial charge in [0.25, 0.3) is 10.0 Å². The van der Waals surface area contributed by atoms with Crippen molar-refractivity contribution >= 4 is 33.2 Å². The monoisotopic (exact) mass is 527 g/mol. The van der Waals surface area contributed by atoms with E-state index in [1.54, 1.807) is 43.3 Å². The zero-order valence-corrected chi connectivity index (χ0v) is 21.8. The fourth-order valence-electron chi connectivity index (χ4n) is 4.09. The predicted molar refractivity (Wildman–Crippen MR) is 142 cm³/mol. The quantitative estimate of drug-likeness (QED) is 0.455. The van der Waals surface area contributed by atoms with Crippen LogP contribution in [0, 0.1) is 6.92 Å². The van der Waals surface area contributed by atoms with Crippen LogP contribution in [-0.2, 0) is 32.6 Å². The molecule has 1 aliphatic rings. The Morgan fingerprint density at radius 2 is 1.67 bits per heavy atom. The van der Waals surface area contributed by atoms with Crippen molar-refractivity contribution in [1.82, 2.24) is 10.2 Å². The third-order valence-corrected chi connectivity index (χ3v) is 8.08. The van der Waals surface area contributed by atoms with Gasteiger partial charge in [-0.25, -0.2) is 8.42 Å². The number of nitrogens with zero attached hydrogens (tertiary/aromatic N) is 2. The Bertz CT molecular complexity index is 1280. The lowest BCUT2D eigenvalue weighted by molar-refractivity contribution is -0.119. The number of ether oxygens (including phenoxy) is 1. The van der Waals surface area contributed by atoms with Crippen molar-refractivity contribution in [2.24, 2.45) is 0 Å². The van der Waals surface area contributed by atoms with Gasteiger partial charge in [-0.2, -0.15) is 0 Å². The van der Waals surface area contributed by atoms with Gasteiger partial charge in [-0.05, 0) is 53.9 Å². The molecule has 0 aromatic heterocycles. The molecule has 0 unspecified atom stereocenters. The second-order valence-corrected chi connectivity index (χ2v) is 11.0. The summed E-state index contributed by atoms with van der Waals surface area (Å²) in [5, 5.41) is 3.35. The molecule has 1 aliphatic heterocycles. The number of sulfonamides is 1. The topological polar surface area (TPSA) is 79.0 Å². The van der Waals surface area contributed by atoms with E-state index < -0.39 is 15.9 Å². The van der Waals surface area contributed by atoms with Gasteiger partial charge in [-0.3, -0.25) is 14.0 Å². The number of aryl methyl sites for hydroxylation is 1. The highest BCUT2D eigenvalue weighted by Crippen LogP contribution is 2.28. The molecule has 3 aromatic rings. The third kappa shape index (κ3) is 6.64. The van der Waals surface area contributed by atoms with Gasteiger partial charge in [-0.15, -0.1) is 0 Å². The summed E-state index contributed by atoms with van der Waals surface area (Å²) in [6, 6.07) is 21.1. The second-order valence-electron chi connectivity index (χ2n) is 8.74. The molecular weight excluding hydrogens is 498 g/mol. The number of benzene rings is 3. The number of rotatable bonds is 9. The molecule has 36 heavy (non-hydrogen) atoms. The van der Waals surface area contributed by atoms with Crippen LogP contribution in [0.5, 0.6) is 0 Å². The lowest BCUT2D eigenvalue weighted by Gasteiger charge is -2.26. The van der Waals surface area contributed by atoms with Crippen LogP contribution in [0.1, 0.15) is 16.7 Å². The first-order valence-corrected chi connectivity index (χ1v) is 13.6. The van der Waals surface area contributed by atoms with Gasteiger partial charge in [0, 0.05) is 31.2 Å². The van der Waals surface area contributed by atoms with Gasteiger partial charge >= 0.3 is 0 Å². The van der Waals surface area contributed by atoms with Crippen LogP contribution in [0.2, 0.25) is 5.02 Å². The minimum absolute atomic E-state index is 0.114. The Morgan fingerprint density at radius 3 is 2.33 bits per heavy atom. The average molecular weight is 528 g/mol. The van der Waals surface area contributed by atoms with E-state index in [4.69, 9.17) is 16.3 Å². The summed E-state index contributed by atoms with van der Waals surface area (Å²) in [4.78, 5) is 15.4. The van der Waals surface area contributed by atoms with Crippen molar-refractivity contribution in [2.75, 3.05) is 37.2 Å². The van der Waals surface area contributed by atoms with Crippen LogP contribution in [0.15, 0.2) is 77.7 Å². The number of anilines is 1. The van der Waals surface area contributed by atoms with Crippen LogP contribution in [0.3, 0.4) is 0 Å². The van der Waals surface area contributed by atoms with Crippen molar-refractivity contribution in [3.63, 3.8) is 0 Å². The molecule has 1 heterocycles. The summed E-state index contributed by atoms with van der Waals surface area (Å²) >= 11 is 6.09. The Balaban J connectivity index is 1.44. The fraction of sp³-hybridized carbons (Fsp3) is 0.296. The van der Waals surface area contributed by atoms with Crippen molar-refractivity contribution < 1.29 is 17.9 Å². The molecule has 0 saturated carbocycles. The summed E-state index contributed by atoms with van der Waals surface area (Å²) in [5.74, 6) is -0.402. The van der Waals surface area contributed by atoms with E-state index in [9.17, 15) is 13.2 Å². The molecule has 1 saturated heterocycles. The van der Waals surface area contributed by atoms with E-state index in [1.165, 1.54) is 17.7 Å². The molecule has 7 nitrogen and oxygen atoms in total. The molecule has 0 spiro atoms. The highest BCUT2D eigenvalue weighted by atomic mass is 35.5. The van der Waals surface area contributed by atoms with Crippen LogP contribution < -0.4 is 9.62 Å². The standard InChI is InChI=1S/C27H30ClN3O4S/c1-21-17-24(28)11-12-26(21)31(36(33,34)25-5-3-2-4-6-25)20-27(32)29-18-22-7-9-23(10-8-22)19-30-13-15-35-16-14-30/h2-12,17H,13-16,18-20H2,1H3,(H,29,32). The molecule has 0 aliphatic carbocycles. The Morgan fingerprint density at radius 1 is 1.00 bits per heavy atom. The van der Waals surface area contributed by atoms with E-state index in [-0.39, 0.29) is 11.4 Å². The average Bonchev–Trinajstić information content (AvgIpc) is 2.88. The minimum atomic E-state index is -3.97. The molecule has 0 radical (unpaired) electrons. The Kier molecular flexibility index (Phi) is 8.64. The van der Waals surface area contributed by atoms with Gasteiger partial charge in [0.1, 0.15) is 6.54 Å². The van der Waals surface area contributed by atoms with Crippen LogP contribution in [0.4, 0.5) is 5.69 Å². The first kappa shape index (κ1) is 26.2. The highest BCUT2D eigenvalue weighted by Gasteiger charge is 2.28. The molecule has 1 amide bonds. The van der Waals surface area contributed by atoms with E-state index >= 15 is 0 Å². The van der Waals surface area contributed by atoms with Crippen molar-refractivity contribution in [2.45, 2.75) is 24.9 Å². The summed E-state index contributed by atoms with van der Waals surface area (Å²) in [5.41, 5.74) is 3.20. The molecule has 190 valence electrons. The number of hydrogen-bond donors (Lipinski definition) is 1. The maximum atomic E-state index is 13.5. The number of morpholine rings is 1. The highest BCUT2D eigenvalue weighted by molar-refractivity contribution is 7.92. The van der Waals surface area contributed by atoms with E-state index in [0.29, 0.717) is 22.8 Å². The maximum absolute atomic E-state index is 13.5. The van der Waals surface area contributed by atoms with Gasteiger partial charge in [0.2, 0.25) is 5.91 Å². The third-order valence-electron chi connectivity index (χ3n) is 6.07. The molecule has 4 rings (SSSR count). The number of nitrogens with one attached hydrogen (secondary N) is 1. The van der Waals surface area contributed by atoms with Gasteiger partial charge < -0.3 is 10.1 Å². The number of carbonyl (C=O) groups is 1. The van der Waals surface area contributed by atoms with Crippen LogP contribution >= 0.6 is 11.6 Å². The van der Waals surface area contributed by atoms with Crippen molar-refractivity contribution in [3.8, 4) is 0 Å². The molecular formula is C27H30ClN3O4S. The zero-order chi connectivity index (χ0) is 25.5. The van der Waals surface area contributed by atoms with E-state index in [0.717, 1.165) is 42.7 Å². The van der Waals surface area contributed by atoms with E-state index in [1.807, 2.05) is 12.1 Å². The minimum Gasteiger partial charge on any atom is -0.379 e. The first-order valence-electron chi connectivity index (χ1n) is 11.8. The number of halogens is 1. The smallest absolute Gasteiger partial charge is 0.264 e. The maximum Gasteiger partial charge on any atom is 0.264 e. The summed E-state index contributed by atoms with van der Waals surface area (Å²) in [7, 11) is -3.97. The molecule has 9 heteroatoms. The summed E-state index contributed by atoms with van der Waals surface area (Å²) in [6.45, 7) is 5.95. The lowest BCUT2D eigenvalue weighted by Crippen LogP contribution is -2.41. The van der Waals surface area contributed by atoms with E-state index in [2.05, 4.69) is 22.3 Å². The molecule has 3 aromatic carbocycles. The Labute approximate surface area is 217 Å². The largest absolute Gasteiger partial charge is 0.379 e. The molecule has 0 bridgehead atoms. The lowest BCUT2D eigenvalue weighted by atomic mass is 10.1. The molecule has 1 N–H and O–H groups in total.